The van der Waals surface area contributed by atoms with Crippen molar-refractivity contribution in [1.82, 2.24) is 0 Å². The third kappa shape index (κ3) is 5.87. The van der Waals surface area contributed by atoms with Gasteiger partial charge in [0.25, 0.3) is 0 Å². The van der Waals surface area contributed by atoms with E-state index in [0.717, 1.165) is 32.1 Å². The van der Waals surface area contributed by atoms with Crippen molar-refractivity contribution < 1.29 is 13.2 Å². The fourth-order valence-electron chi connectivity index (χ4n) is 4.16. The Morgan fingerprint density at radius 1 is 0.969 bits per heavy atom. The first kappa shape index (κ1) is 23.3. The summed E-state index contributed by atoms with van der Waals surface area (Å²) in [6, 6.07) is 8.34. The molecule has 0 heterocycles. The smallest absolute Gasteiger partial charge is 0.166 e. The van der Waals surface area contributed by atoms with Crippen LogP contribution >= 0.6 is 0 Å². The first-order chi connectivity index (χ1) is 15.5. The van der Waals surface area contributed by atoms with Crippen LogP contribution in [0.2, 0.25) is 0 Å². The predicted octanol–water partition coefficient (Wildman–Crippen LogP) is 7.03. The Kier molecular flexibility index (Phi) is 8.25. The Labute approximate surface area is 188 Å². The normalized spacial score (nSPS) is 17.7. The van der Waals surface area contributed by atoms with Gasteiger partial charge < -0.3 is 0 Å². The van der Waals surface area contributed by atoms with Crippen molar-refractivity contribution in [2.75, 3.05) is 0 Å². The lowest BCUT2D eigenvalue weighted by Crippen LogP contribution is -2.13. The summed E-state index contributed by atoms with van der Waals surface area (Å²) in [5.74, 6) is 11.1. The molecule has 2 aromatic rings. The molecule has 0 nitrogen and oxygen atoms in total. The number of allylic oxidation sites excluding steroid dienone is 1. The minimum atomic E-state index is -0.781. The van der Waals surface area contributed by atoms with E-state index in [1.165, 1.54) is 6.07 Å². The third-order valence-corrected chi connectivity index (χ3v) is 5.88. The molecule has 1 fully saturated rings. The lowest BCUT2D eigenvalue weighted by molar-refractivity contribution is 0.369. The Hall–Kier alpha value is -3.35. The highest BCUT2D eigenvalue weighted by Crippen LogP contribution is 2.37. The quantitative estimate of drug-likeness (QED) is 0.447. The van der Waals surface area contributed by atoms with Crippen molar-refractivity contribution in [2.45, 2.75) is 51.4 Å². The van der Waals surface area contributed by atoms with Crippen molar-refractivity contribution in [2.24, 2.45) is 5.92 Å². The van der Waals surface area contributed by atoms with E-state index in [4.69, 9.17) is 6.42 Å². The average molecular weight is 431 g/mol. The van der Waals surface area contributed by atoms with Crippen molar-refractivity contribution in [3.63, 3.8) is 0 Å². The standard InChI is InChI=1S/C29H25F3/c1-3-5-6-7-9-22-13-19-26(27(30)20-22)23-14-10-21(11-15-23)12-16-25-18-17-24(8-4-2)28(31)29(25)32/h1,12-13,16-21,23H,4,8,10-11,14-15H2,2H3. The lowest BCUT2D eigenvalue weighted by Gasteiger charge is -2.27. The molecule has 0 atom stereocenters. The highest BCUT2D eigenvalue weighted by atomic mass is 19.2. The van der Waals surface area contributed by atoms with Crippen LogP contribution in [-0.4, -0.2) is 0 Å². The van der Waals surface area contributed by atoms with Crippen molar-refractivity contribution in [3.05, 3.63) is 76.1 Å². The number of benzene rings is 2. The fraction of sp³-hybridized carbons (Fsp3) is 0.310. The van der Waals surface area contributed by atoms with Gasteiger partial charge in [-0.2, -0.15) is 0 Å². The maximum absolute atomic E-state index is 14.6. The summed E-state index contributed by atoms with van der Waals surface area (Å²) in [6.45, 7) is 1.94. The molecule has 0 unspecified atom stereocenters. The molecule has 0 radical (unpaired) electrons. The molecule has 0 N–H and O–H groups in total. The van der Waals surface area contributed by atoms with Crippen LogP contribution in [-0.2, 0) is 6.42 Å². The van der Waals surface area contributed by atoms with E-state index >= 15 is 0 Å². The first-order valence-corrected chi connectivity index (χ1v) is 10.9. The monoisotopic (exact) mass is 430 g/mol. The highest BCUT2D eigenvalue weighted by molar-refractivity contribution is 5.51. The van der Waals surface area contributed by atoms with Crippen LogP contribution in [0.5, 0.6) is 0 Å². The number of halogens is 3. The Balaban J connectivity index is 1.61. The minimum Gasteiger partial charge on any atom is -0.207 e. The molecule has 0 saturated heterocycles. The van der Waals surface area contributed by atoms with Gasteiger partial charge in [0.05, 0.1) is 0 Å². The van der Waals surface area contributed by atoms with Crippen LogP contribution in [0.25, 0.3) is 6.08 Å². The summed E-state index contributed by atoms with van der Waals surface area (Å²) in [5.41, 5.74) is 1.96. The van der Waals surface area contributed by atoms with Crippen LogP contribution in [0, 0.1) is 59.4 Å². The van der Waals surface area contributed by atoms with E-state index in [9.17, 15) is 13.2 Å². The second kappa shape index (κ2) is 11.3. The molecule has 0 aliphatic heterocycles. The number of aryl methyl sites for hydroxylation is 1. The average Bonchev–Trinajstić information content (AvgIpc) is 2.80. The molecule has 3 heteroatoms. The van der Waals surface area contributed by atoms with Gasteiger partial charge in [0.2, 0.25) is 0 Å². The number of hydrogen-bond donors (Lipinski definition) is 0. The molecule has 3 rings (SSSR count). The van der Waals surface area contributed by atoms with Crippen LogP contribution in [0.3, 0.4) is 0 Å². The summed E-state index contributed by atoms with van der Waals surface area (Å²) in [5, 5.41) is 0. The van der Waals surface area contributed by atoms with Gasteiger partial charge >= 0.3 is 0 Å². The Morgan fingerprint density at radius 2 is 1.75 bits per heavy atom. The second-order valence-electron chi connectivity index (χ2n) is 8.04. The van der Waals surface area contributed by atoms with Gasteiger partial charge in [-0.1, -0.05) is 49.6 Å². The van der Waals surface area contributed by atoms with Crippen LogP contribution in [0.15, 0.2) is 36.4 Å². The summed E-state index contributed by atoms with van der Waals surface area (Å²) in [6.07, 6.45) is 13.4. The molecule has 162 valence electrons. The molecular weight excluding hydrogens is 405 g/mol. The maximum atomic E-state index is 14.6. The van der Waals surface area contributed by atoms with Gasteiger partial charge in [-0.15, -0.1) is 6.42 Å². The molecule has 1 aliphatic rings. The summed E-state index contributed by atoms with van der Waals surface area (Å²) < 4.78 is 43.1. The molecule has 0 spiro atoms. The van der Waals surface area contributed by atoms with Gasteiger partial charge in [0.15, 0.2) is 11.6 Å². The van der Waals surface area contributed by atoms with E-state index in [1.807, 2.05) is 13.0 Å². The minimum absolute atomic E-state index is 0.144. The summed E-state index contributed by atoms with van der Waals surface area (Å²) in [7, 11) is 0. The van der Waals surface area contributed by atoms with E-state index in [0.29, 0.717) is 23.1 Å². The molecule has 0 bridgehead atoms. The third-order valence-electron chi connectivity index (χ3n) is 5.88. The maximum Gasteiger partial charge on any atom is 0.166 e. The Bertz CT molecular complexity index is 1150. The number of terminal acetylenes is 1. The summed E-state index contributed by atoms with van der Waals surface area (Å²) in [4.78, 5) is 0. The van der Waals surface area contributed by atoms with E-state index in [-0.39, 0.29) is 23.2 Å². The number of rotatable bonds is 5. The van der Waals surface area contributed by atoms with Crippen molar-refractivity contribution >= 4 is 6.08 Å². The topological polar surface area (TPSA) is 0 Å². The van der Waals surface area contributed by atoms with Gasteiger partial charge in [-0.25, -0.2) is 13.2 Å². The molecule has 0 aromatic heterocycles. The van der Waals surface area contributed by atoms with E-state index in [2.05, 4.69) is 29.6 Å². The van der Waals surface area contributed by atoms with E-state index < -0.39 is 11.6 Å². The molecule has 1 saturated carbocycles. The molecule has 32 heavy (non-hydrogen) atoms. The van der Waals surface area contributed by atoms with Crippen LogP contribution in [0.4, 0.5) is 13.2 Å². The lowest BCUT2D eigenvalue weighted by atomic mass is 9.78. The largest absolute Gasteiger partial charge is 0.207 e. The Morgan fingerprint density at radius 3 is 2.44 bits per heavy atom. The first-order valence-electron chi connectivity index (χ1n) is 10.9. The molecule has 2 aromatic carbocycles. The van der Waals surface area contributed by atoms with Gasteiger partial charge in [-0.05, 0) is 90.9 Å². The number of hydrogen-bond acceptors (Lipinski definition) is 0. The molecule has 1 aliphatic carbocycles. The zero-order valence-corrected chi connectivity index (χ0v) is 18.2. The SMILES string of the molecule is C#CC#CC#Cc1ccc(C2CCC(C=Cc3ccc(CCC)c(F)c3F)CC2)c(F)c1. The van der Waals surface area contributed by atoms with Crippen LogP contribution < -0.4 is 0 Å². The van der Waals surface area contributed by atoms with Gasteiger partial charge in [0.1, 0.15) is 5.82 Å². The van der Waals surface area contributed by atoms with Gasteiger partial charge in [-0.3, -0.25) is 0 Å². The van der Waals surface area contributed by atoms with Crippen molar-refractivity contribution in [3.8, 4) is 36.0 Å². The van der Waals surface area contributed by atoms with E-state index in [1.54, 1.807) is 30.3 Å². The van der Waals surface area contributed by atoms with Crippen molar-refractivity contribution in [1.29, 1.82) is 0 Å². The van der Waals surface area contributed by atoms with Gasteiger partial charge in [0, 0.05) is 11.1 Å². The highest BCUT2D eigenvalue weighted by Gasteiger charge is 2.23. The zero-order valence-electron chi connectivity index (χ0n) is 18.2. The summed E-state index contributed by atoms with van der Waals surface area (Å²) >= 11 is 0. The van der Waals surface area contributed by atoms with Crippen LogP contribution in [0.1, 0.15) is 67.2 Å². The second-order valence-corrected chi connectivity index (χ2v) is 8.04. The molecular formula is C29H25F3. The fourth-order valence-corrected chi connectivity index (χ4v) is 4.16. The molecule has 0 amide bonds. The zero-order chi connectivity index (χ0) is 22.9. The predicted molar refractivity (Wildman–Crippen MR) is 124 cm³/mol.